The minimum atomic E-state index is -0.578. The molecule has 5 nitrogen and oxygen atoms in total. The van der Waals surface area contributed by atoms with Gasteiger partial charge in [-0.05, 0) is 36.8 Å². The number of hydrogen-bond donors (Lipinski definition) is 2. The van der Waals surface area contributed by atoms with Gasteiger partial charge in [0.25, 0.3) is 0 Å². The molecule has 0 aliphatic carbocycles. The van der Waals surface area contributed by atoms with Crippen LogP contribution in [0.25, 0.3) is 0 Å². The van der Waals surface area contributed by atoms with E-state index in [9.17, 15) is 14.0 Å². The fourth-order valence-electron chi connectivity index (χ4n) is 2.30. The molecule has 0 aliphatic heterocycles. The summed E-state index contributed by atoms with van der Waals surface area (Å²) in [5.74, 6) is -0.974. The summed E-state index contributed by atoms with van der Waals surface area (Å²) in [6.07, 6.45) is 0. The van der Waals surface area contributed by atoms with Crippen molar-refractivity contribution in [2.75, 3.05) is 17.7 Å². The molecule has 25 heavy (non-hydrogen) atoms. The second kappa shape index (κ2) is 7.98. The SMILES string of the molecule is CC(=O)Nc1cc(NC(=O)N(C)[C@@H](C)c2ccccc2Cl)ccc1F. The maximum Gasteiger partial charge on any atom is 0.322 e. The first-order chi connectivity index (χ1) is 11.8. The number of benzene rings is 2. The highest BCUT2D eigenvalue weighted by molar-refractivity contribution is 6.31. The van der Waals surface area contributed by atoms with Crippen molar-refractivity contribution in [1.29, 1.82) is 0 Å². The standard InChI is InChI=1S/C18H19ClFN3O2/c1-11(14-6-4-5-7-15(14)19)23(3)18(25)22-13-8-9-16(20)17(10-13)21-12(2)24/h4-11H,1-3H3,(H,21,24)(H,22,25)/t11-/m0/s1. The Morgan fingerprint density at radius 3 is 2.48 bits per heavy atom. The van der Waals surface area contributed by atoms with Gasteiger partial charge in [-0.2, -0.15) is 0 Å². The van der Waals surface area contributed by atoms with Crippen LogP contribution in [0.4, 0.5) is 20.6 Å². The quantitative estimate of drug-likeness (QED) is 0.829. The van der Waals surface area contributed by atoms with Crippen molar-refractivity contribution in [2.24, 2.45) is 0 Å². The summed E-state index contributed by atoms with van der Waals surface area (Å²) in [6.45, 7) is 3.14. The lowest BCUT2D eigenvalue weighted by Crippen LogP contribution is -2.33. The lowest BCUT2D eigenvalue weighted by atomic mass is 10.1. The van der Waals surface area contributed by atoms with Crippen LogP contribution >= 0.6 is 11.6 Å². The van der Waals surface area contributed by atoms with Gasteiger partial charge in [-0.3, -0.25) is 4.79 Å². The summed E-state index contributed by atoms with van der Waals surface area (Å²) in [6, 6.07) is 10.6. The lowest BCUT2D eigenvalue weighted by molar-refractivity contribution is -0.114. The number of nitrogens with one attached hydrogen (secondary N) is 2. The van der Waals surface area contributed by atoms with Crippen LogP contribution in [0.15, 0.2) is 42.5 Å². The molecule has 1 atom stereocenters. The van der Waals surface area contributed by atoms with E-state index in [0.717, 1.165) is 5.56 Å². The average molecular weight is 364 g/mol. The van der Waals surface area contributed by atoms with Crippen molar-refractivity contribution < 1.29 is 14.0 Å². The maximum atomic E-state index is 13.7. The Balaban J connectivity index is 2.13. The summed E-state index contributed by atoms with van der Waals surface area (Å²) in [4.78, 5) is 25.0. The number of carbonyl (C=O) groups excluding carboxylic acids is 2. The molecule has 0 saturated carbocycles. The number of rotatable bonds is 4. The monoisotopic (exact) mass is 363 g/mol. The normalized spacial score (nSPS) is 11.6. The third-order valence-electron chi connectivity index (χ3n) is 3.78. The summed E-state index contributed by atoms with van der Waals surface area (Å²) < 4.78 is 13.7. The number of carbonyl (C=O) groups is 2. The van der Waals surface area contributed by atoms with Crippen molar-refractivity contribution in [3.63, 3.8) is 0 Å². The molecule has 0 heterocycles. The van der Waals surface area contributed by atoms with E-state index in [0.29, 0.717) is 10.7 Å². The van der Waals surface area contributed by atoms with Crippen LogP contribution in [-0.4, -0.2) is 23.9 Å². The van der Waals surface area contributed by atoms with Crippen molar-refractivity contribution in [2.45, 2.75) is 19.9 Å². The van der Waals surface area contributed by atoms with Gasteiger partial charge in [-0.25, -0.2) is 9.18 Å². The highest BCUT2D eigenvalue weighted by Crippen LogP contribution is 2.27. The molecule has 2 rings (SSSR count). The fourth-order valence-corrected chi connectivity index (χ4v) is 2.59. The van der Waals surface area contributed by atoms with Crippen molar-refractivity contribution in [3.05, 3.63) is 58.9 Å². The Kier molecular flexibility index (Phi) is 5.98. The molecule has 0 unspecified atom stereocenters. The molecule has 0 saturated heterocycles. The predicted molar refractivity (Wildman–Crippen MR) is 97.4 cm³/mol. The van der Waals surface area contributed by atoms with Crippen LogP contribution in [0.3, 0.4) is 0 Å². The molecule has 2 aromatic carbocycles. The third-order valence-corrected chi connectivity index (χ3v) is 4.13. The first-order valence-corrected chi connectivity index (χ1v) is 8.02. The van der Waals surface area contributed by atoms with Gasteiger partial charge in [0.2, 0.25) is 5.91 Å². The van der Waals surface area contributed by atoms with Gasteiger partial charge < -0.3 is 15.5 Å². The van der Waals surface area contributed by atoms with Crippen LogP contribution in [0.5, 0.6) is 0 Å². The number of amides is 3. The predicted octanol–water partition coefficient (Wildman–Crippen LogP) is 4.66. The summed E-state index contributed by atoms with van der Waals surface area (Å²) in [5, 5.41) is 5.63. The summed E-state index contributed by atoms with van der Waals surface area (Å²) in [7, 11) is 1.64. The number of halogens is 2. The Bertz CT molecular complexity index is 798. The van der Waals surface area contributed by atoms with E-state index in [-0.39, 0.29) is 17.8 Å². The van der Waals surface area contributed by atoms with Crippen LogP contribution in [0.2, 0.25) is 5.02 Å². The molecular formula is C18H19ClFN3O2. The zero-order valence-electron chi connectivity index (χ0n) is 14.1. The third kappa shape index (κ3) is 4.70. The van der Waals surface area contributed by atoms with Crippen molar-refractivity contribution >= 4 is 34.9 Å². The Hall–Kier alpha value is -2.60. The second-order valence-electron chi connectivity index (χ2n) is 5.61. The van der Waals surface area contributed by atoms with Crippen molar-refractivity contribution in [3.8, 4) is 0 Å². The first kappa shape index (κ1) is 18.7. The molecule has 0 aromatic heterocycles. The summed E-state index contributed by atoms with van der Waals surface area (Å²) in [5.41, 5.74) is 1.19. The smallest absolute Gasteiger partial charge is 0.322 e. The minimum Gasteiger partial charge on any atom is -0.324 e. The van der Waals surface area contributed by atoms with E-state index in [1.54, 1.807) is 13.1 Å². The maximum absolute atomic E-state index is 13.7. The first-order valence-electron chi connectivity index (χ1n) is 7.65. The topological polar surface area (TPSA) is 61.4 Å². The number of nitrogens with zero attached hydrogens (tertiary/aromatic N) is 1. The molecule has 0 bridgehead atoms. The van der Waals surface area contributed by atoms with Gasteiger partial charge in [0.15, 0.2) is 0 Å². The van der Waals surface area contributed by atoms with Gasteiger partial charge in [0.1, 0.15) is 5.82 Å². The van der Waals surface area contributed by atoms with Gasteiger partial charge in [-0.1, -0.05) is 29.8 Å². The van der Waals surface area contributed by atoms with Crippen LogP contribution in [0, 0.1) is 5.82 Å². The van der Waals surface area contributed by atoms with E-state index >= 15 is 0 Å². The molecule has 7 heteroatoms. The number of anilines is 2. The van der Waals surface area contributed by atoms with Gasteiger partial charge in [0, 0.05) is 24.7 Å². The van der Waals surface area contributed by atoms with Gasteiger partial charge in [-0.15, -0.1) is 0 Å². The highest BCUT2D eigenvalue weighted by atomic mass is 35.5. The Labute approximate surface area is 150 Å². The van der Waals surface area contributed by atoms with E-state index in [4.69, 9.17) is 11.6 Å². The fraction of sp³-hybridized carbons (Fsp3) is 0.222. The lowest BCUT2D eigenvalue weighted by Gasteiger charge is -2.26. The zero-order valence-corrected chi connectivity index (χ0v) is 14.9. The molecule has 0 spiro atoms. The van der Waals surface area contributed by atoms with E-state index in [1.165, 1.54) is 30.0 Å². The molecule has 2 N–H and O–H groups in total. The van der Waals surface area contributed by atoms with E-state index in [1.807, 2.05) is 25.1 Å². The van der Waals surface area contributed by atoms with Gasteiger partial charge in [0.05, 0.1) is 11.7 Å². The number of urea groups is 1. The van der Waals surface area contributed by atoms with Gasteiger partial charge >= 0.3 is 6.03 Å². The summed E-state index contributed by atoms with van der Waals surface area (Å²) >= 11 is 6.17. The molecule has 2 aromatic rings. The molecule has 3 amide bonds. The number of hydrogen-bond acceptors (Lipinski definition) is 2. The highest BCUT2D eigenvalue weighted by Gasteiger charge is 2.19. The van der Waals surface area contributed by atoms with E-state index in [2.05, 4.69) is 10.6 Å². The second-order valence-corrected chi connectivity index (χ2v) is 6.02. The Morgan fingerprint density at radius 1 is 1.16 bits per heavy atom. The van der Waals surface area contributed by atoms with Crippen LogP contribution in [0.1, 0.15) is 25.5 Å². The largest absolute Gasteiger partial charge is 0.324 e. The minimum absolute atomic E-state index is 0.00658. The molecule has 0 fully saturated rings. The average Bonchev–Trinajstić information content (AvgIpc) is 2.56. The molecular weight excluding hydrogens is 345 g/mol. The van der Waals surface area contributed by atoms with Crippen LogP contribution < -0.4 is 10.6 Å². The molecule has 0 radical (unpaired) electrons. The van der Waals surface area contributed by atoms with Crippen LogP contribution in [-0.2, 0) is 4.79 Å². The Morgan fingerprint density at radius 2 is 1.84 bits per heavy atom. The zero-order chi connectivity index (χ0) is 18.6. The molecule has 0 aliphatic rings. The van der Waals surface area contributed by atoms with Crippen molar-refractivity contribution in [1.82, 2.24) is 4.90 Å². The van der Waals surface area contributed by atoms with E-state index < -0.39 is 11.7 Å². The molecule has 132 valence electrons.